The van der Waals surface area contributed by atoms with Gasteiger partial charge in [0.15, 0.2) is 0 Å². The maximum Gasteiger partial charge on any atom is 0.225 e. The first-order valence-electron chi connectivity index (χ1n) is 10.4. The van der Waals surface area contributed by atoms with E-state index in [1.54, 1.807) is 17.0 Å². The molecule has 2 aromatic rings. The number of carbonyl (C=O) groups excluding carboxylic acids is 2. The third-order valence-corrected chi connectivity index (χ3v) is 5.87. The van der Waals surface area contributed by atoms with E-state index in [0.717, 1.165) is 24.0 Å². The molecule has 1 aliphatic carbocycles. The lowest BCUT2D eigenvalue weighted by Crippen LogP contribution is -2.45. The molecule has 2 amide bonds. The van der Waals surface area contributed by atoms with Crippen LogP contribution in [0.25, 0.3) is 0 Å². The summed E-state index contributed by atoms with van der Waals surface area (Å²) in [5, 5.41) is 14.4. The maximum absolute atomic E-state index is 13.3. The minimum absolute atomic E-state index is 0.104. The van der Waals surface area contributed by atoms with E-state index in [0.29, 0.717) is 31.0 Å². The molecule has 1 atom stereocenters. The van der Waals surface area contributed by atoms with Crippen LogP contribution in [0, 0.1) is 0 Å². The van der Waals surface area contributed by atoms with E-state index < -0.39 is 11.6 Å². The first kappa shape index (κ1) is 22.3. The van der Waals surface area contributed by atoms with Gasteiger partial charge in [-0.25, -0.2) is 0 Å². The Morgan fingerprint density at radius 2 is 1.73 bits per heavy atom. The molecule has 160 valence electrons. The fraction of sp³-hybridized carbons (Fsp3) is 0.417. The highest BCUT2D eigenvalue weighted by molar-refractivity contribution is 6.30. The SMILES string of the molecule is CC(=O)NC(CC(=O)N(Cc1ccccc1)CC1(O)CCCC1)c1ccc(Cl)cc1. The molecule has 6 heteroatoms. The molecule has 1 aliphatic rings. The number of carbonyl (C=O) groups is 2. The molecule has 0 bridgehead atoms. The molecule has 3 rings (SSSR count). The highest BCUT2D eigenvalue weighted by Gasteiger charge is 2.35. The number of hydrogen-bond donors (Lipinski definition) is 2. The summed E-state index contributed by atoms with van der Waals surface area (Å²) in [5.74, 6) is -0.306. The van der Waals surface area contributed by atoms with Gasteiger partial charge in [0, 0.05) is 25.0 Å². The Balaban J connectivity index is 1.80. The first-order valence-corrected chi connectivity index (χ1v) is 10.8. The molecule has 0 aliphatic heterocycles. The third-order valence-electron chi connectivity index (χ3n) is 5.62. The fourth-order valence-corrected chi connectivity index (χ4v) is 4.20. The molecule has 0 heterocycles. The quantitative estimate of drug-likeness (QED) is 0.660. The van der Waals surface area contributed by atoms with Crippen molar-refractivity contribution < 1.29 is 14.7 Å². The van der Waals surface area contributed by atoms with Gasteiger partial charge in [-0.1, -0.05) is 66.9 Å². The van der Waals surface area contributed by atoms with Crippen LogP contribution < -0.4 is 5.32 Å². The van der Waals surface area contributed by atoms with Crippen molar-refractivity contribution in [2.24, 2.45) is 0 Å². The van der Waals surface area contributed by atoms with E-state index in [1.807, 2.05) is 42.5 Å². The Bertz CT molecular complexity index is 849. The molecule has 1 saturated carbocycles. The Morgan fingerprint density at radius 3 is 2.33 bits per heavy atom. The third kappa shape index (κ3) is 6.31. The van der Waals surface area contributed by atoms with Crippen LogP contribution in [-0.2, 0) is 16.1 Å². The lowest BCUT2D eigenvalue weighted by Gasteiger charge is -2.33. The van der Waals surface area contributed by atoms with E-state index in [9.17, 15) is 14.7 Å². The van der Waals surface area contributed by atoms with E-state index in [4.69, 9.17) is 11.6 Å². The number of rotatable bonds is 8. The van der Waals surface area contributed by atoms with Gasteiger partial charge in [0.1, 0.15) is 0 Å². The summed E-state index contributed by atoms with van der Waals surface area (Å²) in [6.45, 7) is 2.17. The average Bonchev–Trinajstić information content (AvgIpc) is 3.14. The van der Waals surface area contributed by atoms with Crippen molar-refractivity contribution in [2.45, 2.75) is 57.2 Å². The molecule has 0 radical (unpaired) electrons. The first-order chi connectivity index (χ1) is 14.3. The van der Waals surface area contributed by atoms with Crippen LogP contribution in [0.4, 0.5) is 0 Å². The number of halogens is 1. The Labute approximate surface area is 183 Å². The smallest absolute Gasteiger partial charge is 0.225 e. The monoisotopic (exact) mass is 428 g/mol. The van der Waals surface area contributed by atoms with Crippen molar-refractivity contribution in [1.82, 2.24) is 10.2 Å². The van der Waals surface area contributed by atoms with Gasteiger partial charge < -0.3 is 15.3 Å². The van der Waals surface area contributed by atoms with Crippen molar-refractivity contribution in [2.75, 3.05) is 6.54 Å². The van der Waals surface area contributed by atoms with Gasteiger partial charge in [0.25, 0.3) is 0 Å². The molecule has 0 spiro atoms. The van der Waals surface area contributed by atoms with Crippen LogP contribution in [0.15, 0.2) is 54.6 Å². The average molecular weight is 429 g/mol. The van der Waals surface area contributed by atoms with Crippen LogP contribution in [0.1, 0.15) is 56.2 Å². The molecular formula is C24H29ClN2O3. The maximum atomic E-state index is 13.3. The topological polar surface area (TPSA) is 69.6 Å². The number of benzene rings is 2. The van der Waals surface area contributed by atoms with Gasteiger partial charge >= 0.3 is 0 Å². The Kier molecular flexibility index (Phi) is 7.51. The van der Waals surface area contributed by atoms with Gasteiger partial charge in [-0.2, -0.15) is 0 Å². The minimum Gasteiger partial charge on any atom is -0.388 e. The molecule has 2 N–H and O–H groups in total. The highest BCUT2D eigenvalue weighted by atomic mass is 35.5. The summed E-state index contributed by atoms with van der Waals surface area (Å²) in [6.07, 6.45) is 3.48. The Morgan fingerprint density at radius 1 is 1.10 bits per heavy atom. The van der Waals surface area contributed by atoms with Gasteiger partial charge in [-0.05, 0) is 36.1 Å². The van der Waals surface area contributed by atoms with Crippen LogP contribution >= 0.6 is 11.6 Å². The summed E-state index contributed by atoms with van der Waals surface area (Å²) in [4.78, 5) is 26.8. The normalized spacial score (nSPS) is 16.1. The second-order valence-electron chi connectivity index (χ2n) is 8.18. The van der Waals surface area contributed by atoms with Gasteiger partial charge in [0.05, 0.1) is 18.1 Å². The molecule has 0 aromatic heterocycles. The van der Waals surface area contributed by atoms with E-state index in [-0.39, 0.29) is 18.2 Å². The summed E-state index contributed by atoms with van der Waals surface area (Å²) in [6, 6.07) is 16.5. The molecular weight excluding hydrogens is 400 g/mol. The number of nitrogens with one attached hydrogen (secondary N) is 1. The Hall–Kier alpha value is -2.37. The largest absolute Gasteiger partial charge is 0.388 e. The lowest BCUT2D eigenvalue weighted by molar-refractivity contribution is -0.136. The highest BCUT2D eigenvalue weighted by Crippen LogP contribution is 2.31. The molecule has 1 fully saturated rings. The van der Waals surface area contributed by atoms with Crippen molar-refractivity contribution >= 4 is 23.4 Å². The number of amides is 2. The zero-order valence-electron chi connectivity index (χ0n) is 17.3. The minimum atomic E-state index is -0.839. The van der Waals surface area contributed by atoms with E-state index in [1.165, 1.54) is 6.92 Å². The van der Waals surface area contributed by atoms with Gasteiger partial charge in [0.2, 0.25) is 11.8 Å². The van der Waals surface area contributed by atoms with E-state index >= 15 is 0 Å². The lowest BCUT2D eigenvalue weighted by atomic mass is 9.99. The van der Waals surface area contributed by atoms with Crippen molar-refractivity contribution in [3.05, 3.63) is 70.7 Å². The standard InChI is InChI=1S/C24H29ClN2O3/c1-18(28)26-22(20-9-11-21(25)12-10-20)15-23(29)27(16-19-7-3-2-4-8-19)17-24(30)13-5-6-14-24/h2-4,7-12,22,30H,5-6,13-17H2,1H3,(H,26,28). The summed E-state index contributed by atoms with van der Waals surface area (Å²) in [5.41, 5.74) is 0.992. The van der Waals surface area contributed by atoms with Crippen molar-refractivity contribution in [3.8, 4) is 0 Å². The number of hydrogen-bond acceptors (Lipinski definition) is 3. The number of nitrogens with zero attached hydrogens (tertiary/aromatic N) is 1. The molecule has 1 unspecified atom stereocenters. The predicted molar refractivity (Wildman–Crippen MR) is 118 cm³/mol. The van der Waals surface area contributed by atoms with Crippen LogP contribution in [-0.4, -0.2) is 34.0 Å². The van der Waals surface area contributed by atoms with Gasteiger partial charge in [-0.3, -0.25) is 9.59 Å². The zero-order chi connectivity index (χ0) is 21.6. The van der Waals surface area contributed by atoms with Crippen LogP contribution in [0.3, 0.4) is 0 Å². The molecule has 30 heavy (non-hydrogen) atoms. The zero-order valence-corrected chi connectivity index (χ0v) is 18.1. The summed E-state index contributed by atoms with van der Waals surface area (Å²) >= 11 is 5.99. The summed E-state index contributed by atoms with van der Waals surface area (Å²) < 4.78 is 0. The van der Waals surface area contributed by atoms with Crippen molar-refractivity contribution in [3.63, 3.8) is 0 Å². The summed E-state index contributed by atoms with van der Waals surface area (Å²) in [7, 11) is 0. The molecule has 5 nitrogen and oxygen atoms in total. The predicted octanol–water partition coefficient (Wildman–Crippen LogP) is 4.24. The number of aliphatic hydroxyl groups is 1. The fourth-order valence-electron chi connectivity index (χ4n) is 4.08. The molecule has 2 aromatic carbocycles. The van der Waals surface area contributed by atoms with Crippen LogP contribution in [0.5, 0.6) is 0 Å². The van der Waals surface area contributed by atoms with E-state index in [2.05, 4.69) is 5.32 Å². The second kappa shape index (κ2) is 10.1. The van der Waals surface area contributed by atoms with Crippen LogP contribution in [0.2, 0.25) is 5.02 Å². The second-order valence-corrected chi connectivity index (χ2v) is 8.61. The molecule has 0 saturated heterocycles. The van der Waals surface area contributed by atoms with Gasteiger partial charge in [-0.15, -0.1) is 0 Å². The van der Waals surface area contributed by atoms with Crippen molar-refractivity contribution in [1.29, 1.82) is 0 Å².